The van der Waals surface area contributed by atoms with Crippen LogP contribution in [0.4, 0.5) is 0 Å². The fourth-order valence-electron chi connectivity index (χ4n) is 3.26. The average Bonchev–Trinajstić information content (AvgIpc) is 2.66. The summed E-state index contributed by atoms with van der Waals surface area (Å²) in [5.74, 6) is 0. The van der Waals surface area contributed by atoms with Crippen LogP contribution >= 0.6 is 0 Å². The maximum Gasteiger partial charge on any atom is 0.123 e. The van der Waals surface area contributed by atoms with E-state index in [1.54, 1.807) is 0 Å². The molecule has 2 aromatic carbocycles. The van der Waals surface area contributed by atoms with Gasteiger partial charge >= 0.3 is 0 Å². The molecule has 0 N–H and O–H groups in total. The summed E-state index contributed by atoms with van der Waals surface area (Å²) in [4.78, 5) is 4.40. The van der Waals surface area contributed by atoms with Crippen molar-refractivity contribution >= 4 is 0 Å². The van der Waals surface area contributed by atoms with Gasteiger partial charge in [-0.05, 0) is 11.1 Å². The Morgan fingerprint density at radius 2 is 0.958 bits per heavy atom. The Kier molecular flexibility index (Phi) is 5.23. The highest BCUT2D eigenvalue weighted by atomic mass is 15.3. The number of nitrogens with zero attached hydrogens (tertiary/aromatic N) is 4. The van der Waals surface area contributed by atoms with E-state index in [1.807, 2.05) is 60.7 Å². The van der Waals surface area contributed by atoms with E-state index in [4.69, 9.17) is 0 Å². The van der Waals surface area contributed by atoms with Crippen molar-refractivity contribution in [3.05, 3.63) is 71.8 Å². The lowest BCUT2D eigenvalue weighted by atomic mass is 10.0. The normalized spacial score (nSPS) is 18.2. The predicted octanol–water partition coefficient (Wildman–Crippen LogP) is 3.13. The molecule has 0 radical (unpaired) electrons. The van der Waals surface area contributed by atoms with Gasteiger partial charge in [0.05, 0.1) is 12.1 Å². The van der Waals surface area contributed by atoms with Gasteiger partial charge < -0.3 is 0 Å². The van der Waals surface area contributed by atoms with Crippen molar-refractivity contribution < 1.29 is 0 Å². The van der Waals surface area contributed by atoms with E-state index in [1.165, 1.54) is 0 Å². The van der Waals surface area contributed by atoms with Gasteiger partial charge in [-0.15, -0.1) is 0 Å². The van der Waals surface area contributed by atoms with Crippen LogP contribution in [0.2, 0.25) is 0 Å². The van der Waals surface area contributed by atoms with Crippen LogP contribution in [0, 0.1) is 22.7 Å². The Labute approximate surface area is 143 Å². The zero-order chi connectivity index (χ0) is 16.8. The molecule has 0 aliphatic carbocycles. The monoisotopic (exact) mass is 316 g/mol. The summed E-state index contributed by atoms with van der Waals surface area (Å²) in [6.07, 6.45) is 0. The van der Waals surface area contributed by atoms with E-state index in [0.717, 1.165) is 37.3 Å². The van der Waals surface area contributed by atoms with E-state index < -0.39 is 0 Å². The van der Waals surface area contributed by atoms with Crippen molar-refractivity contribution in [1.29, 1.82) is 10.5 Å². The molecule has 0 spiro atoms. The van der Waals surface area contributed by atoms with Crippen molar-refractivity contribution in [2.24, 2.45) is 0 Å². The van der Waals surface area contributed by atoms with Crippen molar-refractivity contribution in [1.82, 2.24) is 9.80 Å². The third-order valence-corrected chi connectivity index (χ3v) is 4.55. The second-order valence-corrected chi connectivity index (χ2v) is 5.96. The van der Waals surface area contributed by atoms with Gasteiger partial charge in [0, 0.05) is 26.2 Å². The summed E-state index contributed by atoms with van der Waals surface area (Å²) in [6.45, 7) is 3.16. The lowest BCUT2D eigenvalue weighted by molar-refractivity contribution is 0.0979. The highest BCUT2D eigenvalue weighted by Gasteiger charge is 2.28. The van der Waals surface area contributed by atoms with Crippen LogP contribution in [0.15, 0.2) is 60.7 Å². The van der Waals surface area contributed by atoms with Crippen molar-refractivity contribution in [2.45, 2.75) is 12.1 Å². The highest BCUT2D eigenvalue weighted by molar-refractivity contribution is 5.26. The second-order valence-electron chi connectivity index (χ2n) is 5.96. The number of benzene rings is 2. The first-order valence-corrected chi connectivity index (χ1v) is 8.20. The molecule has 24 heavy (non-hydrogen) atoms. The van der Waals surface area contributed by atoms with Crippen molar-refractivity contribution in [3.63, 3.8) is 0 Å². The Bertz CT molecular complexity index is 656. The molecule has 0 amide bonds. The first-order valence-electron chi connectivity index (χ1n) is 8.20. The lowest BCUT2D eigenvalue weighted by Gasteiger charge is -2.38. The largest absolute Gasteiger partial charge is 0.282 e. The van der Waals surface area contributed by atoms with Crippen LogP contribution in [-0.2, 0) is 0 Å². The zero-order valence-corrected chi connectivity index (χ0v) is 13.5. The molecule has 0 aromatic heterocycles. The smallest absolute Gasteiger partial charge is 0.123 e. The van der Waals surface area contributed by atoms with Gasteiger partial charge in [0.25, 0.3) is 0 Å². The van der Waals surface area contributed by atoms with Crippen LogP contribution in [0.25, 0.3) is 0 Å². The standard InChI is InChI=1S/C20H20N4/c21-15-19(17-7-3-1-4-8-17)23-11-13-24(14-12-23)20(16-22)18-9-5-2-6-10-18/h1-10,19-20H,11-14H2. The Balaban J connectivity index is 1.67. The summed E-state index contributed by atoms with van der Waals surface area (Å²) >= 11 is 0. The molecule has 1 heterocycles. The number of hydrogen-bond acceptors (Lipinski definition) is 4. The van der Waals surface area contributed by atoms with Crippen LogP contribution in [0.1, 0.15) is 23.2 Å². The zero-order valence-electron chi connectivity index (χ0n) is 13.5. The van der Waals surface area contributed by atoms with Crippen LogP contribution < -0.4 is 0 Å². The molecule has 1 fully saturated rings. The van der Waals surface area contributed by atoms with Crippen molar-refractivity contribution in [2.75, 3.05) is 26.2 Å². The molecule has 0 bridgehead atoms. The Morgan fingerprint density at radius 3 is 1.25 bits per heavy atom. The van der Waals surface area contributed by atoms with E-state index >= 15 is 0 Å². The van der Waals surface area contributed by atoms with Crippen LogP contribution in [0.5, 0.6) is 0 Å². The minimum atomic E-state index is -0.217. The predicted molar refractivity (Wildman–Crippen MR) is 92.7 cm³/mol. The minimum Gasteiger partial charge on any atom is -0.282 e. The quantitative estimate of drug-likeness (QED) is 0.869. The van der Waals surface area contributed by atoms with E-state index in [0.29, 0.717) is 0 Å². The third-order valence-electron chi connectivity index (χ3n) is 4.55. The first kappa shape index (κ1) is 16.2. The summed E-state index contributed by atoms with van der Waals surface area (Å²) in [5, 5.41) is 19.1. The summed E-state index contributed by atoms with van der Waals surface area (Å²) < 4.78 is 0. The number of hydrogen-bond donors (Lipinski definition) is 0. The van der Waals surface area contributed by atoms with Gasteiger partial charge in [0.2, 0.25) is 0 Å². The number of rotatable bonds is 4. The number of piperazine rings is 1. The average molecular weight is 316 g/mol. The van der Waals surface area contributed by atoms with Gasteiger partial charge in [-0.1, -0.05) is 60.7 Å². The third kappa shape index (κ3) is 3.46. The van der Waals surface area contributed by atoms with E-state index in [2.05, 4.69) is 21.9 Å². The highest BCUT2D eigenvalue weighted by Crippen LogP contribution is 2.25. The molecule has 1 aliphatic heterocycles. The van der Waals surface area contributed by atoms with Gasteiger partial charge in [0.15, 0.2) is 0 Å². The maximum atomic E-state index is 9.57. The molecule has 2 aromatic rings. The molecule has 2 unspecified atom stereocenters. The van der Waals surface area contributed by atoms with Crippen LogP contribution in [0.3, 0.4) is 0 Å². The first-order chi connectivity index (χ1) is 11.8. The topological polar surface area (TPSA) is 54.1 Å². The van der Waals surface area contributed by atoms with E-state index in [-0.39, 0.29) is 12.1 Å². The SMILES string of the molecule is N#CC(c1ccccc1)N1CCN(C(C#N)c2ccccc2)CC1. The summed E-state index contributed by atoms with van der Waals surface area (Å²) in [7, 11) is 0. The van der Waals surface area contributed by atoms with Gasteiger partial charge in [0.1, 0.15) is 12.1 Å². The molecular weight excluding hydrogens is 296 g/mol. The lowest BCUT2D eigenvalue weighted by Crippen LogP contribution is -2.48. The molecule has 1 saturated heterocycles. The maximum absolute atomic E-state index is 9.57. The molecule has 0 saturated carbocycles. The minimum absolute atomic E-state index is 0.217. The molecule has 4 heteroatoms. The van der Waals surface area contributed by atoms with Crippen molar-refractivity contribution in [3.8, 4) is 12.1 Å². The Hall–Kier alpha value is -2.66. The van der Waals surface area contributed by atoms with Gasteiger partial charge in [-0.2, -0.15) is 10.5 Å². The molecular formula is C20H20N4. The molecule has 120 valence electrons. The van der Waals surface area contributed by atoms with Gasteiger partial charge in [-0.3, -0.25) is 9.80 Å². The molecule has 4 nitrogen and oxygen atoms in total. The molecule has 1 aliphatic rings. The fourth-order valence-corrected chi connectivity index (χ4v) is 3.26. The number of nitriles is 2. The van der Waals surface area contributed by atoms with E-state index in [9.17, 15) is 10.5 Å². The van der Waals surface area contributed by atoms with Crippen LogP contribution in [-0.4, -0.2) is 36.0 Å². The fraction of sp³-hybridized carbons (Fsp3) is 0.300. The second kappa shape index (κ2) is 7.75. The van der Waals surface area contributed by atoms with Gasteiger partial charge in [-0.25, -0.2) is 0 Å². The molecule has 2 atom stereocenters. The Morgan fingerprint density at radius 1 is 0.625 bits per heavy atom. The summed E-state index contributed by atoms with van der Waals surface area (Å²) in [5.41, 5.74) is 2.07. The summed E-state index contributed by atoms with van der Waals surface area (Å²) in [6, 6.07) is 24.2. The molecule has 3 rings (SSSR count).